The third-order valence-electron chi connectivity index (χ3n) is 10.6. The van der Waals surface area contributed by atoms with Gasteiger partial charge in [-0.2, -0.15) is 0 Å². The van der Waals surface area contributed by atoms with E-state index < -0.39 is 24.2 Å². The Morgan fingerprint density at radius 3 is 2.35 bits per heavy atom. The molecule has 0 spiro atoms. The van der Waals surface area contributed by atoms with Crippen LogP contribution in [0.5, 0.6) is 0 Å². The van der Waals surface area contributed by atoms with Gasteiger partial charge in [-0.3, -0.25) is 29.1 Å². The maximum Gasteiger partial charge on any atom is 0.308 e. The number of benzene rings is 2. The first kappa shape index (κ1) is 37.3. The number of rotatable bonds is 13. The van der Waals surface area contributed by atoms with Gasteiger partial charge in [-0.05, 0) is 69.2 Å². The van der Waals surface area contributed by atoms with Crippen LogP contribution in [0.2, 0.25) is 5.02 Å². The molecule has 13 heteroatoms. The highest BCUT2D eigenvalue weighted by atomic mass is 35.5. The number of esters is 1. The molecule has 0 radical (unpaired) electrons. The van der Waals surface area contributed by atoms with Crippen molar-refractivity contribution < 1.29 is 32.6 Å². The van der Waals surface area contributed by atoms with Crippen molar-refractivity contribution in [3.05, 3.63) is 64.6 Å². The molecule has 3 heterocycles. The number of Topliss-reactive ketones (excluding diaryl/α,β-unsaturated/α-hetero) is 1. The van der Waals surface area contributed by atoms with Gasteiger partial charge in [0.1, 0.15) is 12.5 Å². The molecule has 2 aliphatic heterocycles. The van der Waals surface area contributed by atoms with Gasteiger partial charge >= 0.3 is 5.97 Å². The Kier molecular flexibility index (Phi) is 12.1. The molecule has 1 saturated carbocycles. The molecule has 1 amide bonds. The summed E-state index contributed by atoms with van der Waals surface area (Å²) in [6.07, 6.45) is 5.26. The lowest BCUT2D eigenvalue weighted by molar-refractivity contribution is -0.260. The maximum absolute atomic E-state index is 16.0. The summed E-state index contributed by atoms with van der Waals surface area (Å²) in [5.41, 5.74) is 1.52. The normalized spacial score (nSPS) is 21.8. The number of aryl methyl sites for hydroxylation is 1. The number of ether oxygens (including phenoxy) is 2. The topological polar surface area (TPSA) is 96.3 Å². The Labute approximate surface area is 303 Å². The largest absolute Gasteiger partial charge is 0.466 e. The van der Waals surface area contributed by atoms with E-state index in [1.54, 1.807) is 13.1 Å². The van der Waals surface area contributed by atoms with Crippen LogP contribution in [0.15, 0.2) is 42.6 Å². The van der Waals surface area contributed by atoms with Crippen molar-refractivity contribution in [2.75, 3.05) is 64.4 Å². The minimum Gasteiger partial charge on any atom is -0.466 e. The predicted octanol–water partition coefficient (Wildman–Crippen LogP) is 5.81. The molecule has 1 aliphatic carbocycles. The van der Waals surface area contributed by atoms with Gasteiger partial charge in [0, 0.05) is 76.4 Å². The van der Waals surface area contributed by atoms with E-state index >= 15 is 4.39 Å². The lowest BCUT2D eigenvalue weighted by Gasteiger charge is -2.52. The summed E-state index contributed by atoms with van der Waals surface area (Å²) < 4.78 is 43.3. The second kappa shape index (κ2) is 16.5. The summed E-state index contributed by atoms with van der Waals surface area (Å²) in [5, 5.41) is 3.62. The number of fused-ring (bicyclic) bond motifs is 1. The minimum absolute atomic E-state index is 0.0995. The second-order valence-electron chi connectivity index (χ2n) is 13.8. The minimum atomic E-state index is -1.47. The third kappa shape index (κ3) is 8.00. The lowest BCUT2D eigenvalue weighted by Crippen LogP contribution is -2.70. The van der Waals surface area contributed by atoms with Gasteiger partial charge in [-0.25, -0.2) is 8.78 Å². The number of alkyl halides is 1. The van der Waals surface area contributed by atoms with E-state index in [1.165, 1.54) is 12.1 Å². The van der Waals surface area contributed by atoms with Crippen LogP contribution in [-0.2, 0) is 32.5 Å². The van der Waals surface area contributed by atoms with Crippen molar-refractivity contribution >= 4 is 45.9 Å². The number of nitrogens with one attached hydrogen (secondary N) is 1. The molecular formula is C38H48ClF2N5O5. The highest BCUT2D eigenvalue weighted by Gasteiger charge is 2.53. The van der Waals surface area contributed by atoms with Gasteiger partial charge in [-0.1, -0.05) is 29.8 Å². The first-order valence-electron chi connectivity index (χ1n) is 18.1. The van der Waals surface area contributed by atoms with E-state index in [0.29, 0.717) is 83.7 Å². The van der Waals surface area contributed by atoms with Crippen molar-refractivity contribution in [3.63, 3.8) is 0 Å². The molecule has 1 atom stereocenters. The molecule has 276 valence electrons. The quantitative estimate of drug-likeness (QED) is 0.221. The van der Waals surface area contributed by atoms with Gasteiger partial charge in [0.2, 0.25) is 5.85 Å². The Morgan fingerprint density at radius 2 is 1.67 bits per heavy atom. The molecule has 1 N–H and O–H groups in total. The van der Waals surface area contributed by atoms with E-state index in [1.807, 2.05) is 45.7 Å². The lowest BCUT2D eigenvalue weighted by atomic mass is 9.87. The summed E-state index contributed by atoms with van der Waals surface area (Å²) in [7, 11) is 1.85. The molecule has 2 saturated heterocycles. The zero-order valence-electron chi connectivity index (χ0n) is 29.5. The van der Waals surface area contributed by atoms with E-state index in [9.17, 15) is 18.8 Å². The number of aromatic nitrogens is 1. The number of hydrogen-bond donors (Lipinski definition) is 1. The maximum atomic E-state index is 16.0. The average Bonchev–Trinajstić information content (AvgIpc) is 3.79. The first-order chi connectivity index (χ1) is 24.6. The third-order valence-corrected chi connectivity index (χ3v) is 10.9. The van der Waals surface area contributed by atoms with E-state index in [4.69, 9.17) is 21.1 Å². The fourth-order valence-electron chi connectivity index (χ4n) is 7.91. The summed E-state index contributed by atoms with van der Waals surface area (Å²) in [6.45, 7) is 5.35. The van der Waals surface area contributed by atoms with Crippen molar-refractivity contribution in [1.82, 2.24) is 19.3 Å². The fraction of sp³-hybridized carbons (Fsp3) is 0.553. The molecule has 0 bridgehead atoms. The number of ketones is 1. The number of likely N-dealkylation sites (tertiary alicyclic amines) is 1. The number of nitrogens with zero attached hydrogens (tertiary/aromatic N) is 4. The molecular weight excluding hydrogens is 680 g/mol. The predicted molar refractivity (Wildman–Crippen MR) is 192 cm³/mol. The summed E-state index contributed by atoms with van der Waals surface area (Å²) in [6, 6.07) is 10.1. The molecule has 10 nitrogen and oxygen atoms in total. The molecule has 51 heavy (non-hydrogen) atoms. The van der Waals surface area contributed by atoms with Gasteiger partial charge in [0.15, 0.2) is 5.78 Å². The molecule has 2 aromatic carbocycles. The molecule has 1 aromatic heterocycles. The van der Waals surface area contributed by atoms with Crippen LogP contribution in [-0.4, -0.2) is 108 Å². The number of carbonyl (C=O) groups excluding carboxylic acids is 3. The van der Waals surface area contributed by atoms with Crippen molar-refractivity contribution in [2.24, 2.45) is 13.0 Å². The number of halogens is 3. The van der Waals surface area contributed by atoms with Gasteiger partial charge < -0.3 is 19.4 Å². The zero-order chi connectivity index (χ0) is 36.1. The number of amides is 1. The summed E-state index contributed by atoms with van der Waals surface area (Å²) in [5.74, 6) is -3.28. The molecule has 3 aromatic rings. The van der Waals surface area contributed by atoms with Crippen molar-refractivity contribution in [1.29, 1.82) is 0 Å². The van der Waals surface area contributed by atoms with Crippen LogP contribution in [0.4, 0.5) is 14.5 Å². The van der Waals surface area contributed by atoms with Crippen LogP contribution >= 0.6 is 11.6 Å². The highest BCUT2D eigenvalue weighted by Crippen LogP contribution is 2.37. The highest BCUT2D eigenvalue weighted by molar-refractivity contribution is 6.34. The monoisotopic (exact) mass is 727 g/mol. The first-order valence-corrected chi connectivity index (χ1v) is 18.5. The van der Waals surface area contributed by atoms with Crippen molar-refractivity contribution in [3.8, 4) is 0 Å². The Bertz CT molecular complexity index is 1720. The van der Waals surface area contributed by atoms with Crippen LogP contribution in [0.3, 0.4) is 0 Å². The SMILES string of the molecule is CCOC(=O)[C@H]1CC[C@H](OC(C(=O)Cc2cc(Cl)c(NC(=O)c3cn(C)c4ccccc34)cc2F)(N2CCCC2)N2CCN(CCF)CC2)CC1. The number of anilines is 1. The van der Waals surface area contributed by atoms with Crippen LogP contribution in [0.1, 0.15) is 61.4 Å². The van der Waals surface area contributed by atoms with E-state index in [-0.39, 0.29) is 46.5 Å². The fourth-order valence-corrected chi connectivity index (χ4v) is 8.14. The molecule has 6 rings (SSSR count). The standard InChI is InChI=1S/C38H48ClF2N5O5/c1-3-50-37(49)26-10-12-28(13-11-26)51-38(45-15-6-7-16-45,46-20-18-44(17-14-40)19-21-46)35(47)23-27-22-31(39)33(24-32(27)41)42-36(48)30-25-43(2)34-9-5-4-8-29(30)34/h4-5,8-9,22,24-26,28H,3,6-7,10-21,23H2,1-2H3,(H,42,48)/t26-,28-,38?. The second-order valence-corrected chi connectivity index (χ2v) is 14.2. The number of piperazine rings is 1. The van der Waals surface area contributed by atoms with Crippen LogP contribution < -0.4 is 5.32 Å². The van der Waals surface area contributed by atoms with E-state index in [0.717, 1.165) is 23.7 Å². The smallest absolute Gasteiger partial charge is 0.308 e. The van der Waals surface area contributed by atoms with Crippen LogP contribution in [0, 0.1) is 11.7 Å². The Morgan fingerprint density at radius 1 is 0.980 bits per heavy atom. The number of para-hydroxylation sites is 1. The van der Waals surface area contributed by atoms with Crippen molar-refractivity contribution in [2.45, 2.75) is 63.8 Å². The Hall–Kier alpha value is -3.42. The van der Waals surface area contributed by atoms with Crippen LogP contribution in [0.25, 0.3) is 10.9 Å². The zero-order valence-corrected chi connectivity index (χ0v) is 30.2. The molecule has 3 fully saturated rings. The van der Waals surface area contributed by atoms with Gasteiger partial charge in [0.05, 0.1) is 34.9 Å². The molecule has 1 unspecified atom stereocenters. The summed E-state index contributed by atoms with van der Waals surface area (Å²) >= 11 is 6.67. The van der Waals surface area contributed by atoms with E-state index in [2.05, 4.69) is 10.2 Å². The molecule has 3 aliphatic rings. The summed E-state index contributed by atoms with van der Waals surface area (Å²) in [4.78, 5) is 46.8. The number of hydrogen-bond acceptors (Lipinski definition) is 8. The Balaban J connectivity index is 1.26. The average molecular weight is 728 g/mol. The number of carbonyl (C=O) groups is 3. The van der Waals surface area contributed by atoms with Gasteiger partial charge in [0.25, 0.3) is 5.91 Å². The van der Waals surface area contributed by atoms with Gasteiger partial charge in [-0.15, -0.1) is 0 Å².